The first-order valence-electron chi connectivity index (χ1n) is 6.01. The first kappa shape index (κ1) is 11.9. The molecule has 0 spiro atoms. The van der Waals surface area contributed by atoms with E-state index in [9.17, 15) is 0 Å². The highest BCUT2D eigenvalue weighted by molar-refractivity contribution is 7.10. The Bertz CT molecular complexity index is 720. The van der Waals surface area contributed by atoms with Gasteiger partial charge < -0.3 is 11.1 Å². The predicted molar refractivity (Wildman–Crippen MR) is 80.3 cm³/mol. The molecule has 1 aromatic carbocycles. The molecule has 3 aromatic rings. The number of aromatic nitrogens is 2. The minimum atomic E-state index is 0.720. The molecule has 0 radical (unpaired) electrons. The van der Waals surface area contributed by atoms with E-state index < -0.39 is 0 Å². The topological polar surface area (TPSA) is 63.8 Å². The van der Waals surface area contributed by atoms with Gasteiger partial charge in [0.25, 0.3) is 0 Å². The zero-order valence-corrected chi connectivity index (χ0v) is 11.4. The summed E-state index contributed by atoms with van der Waals surface area (Å²) in [6.45, 7) is 2.88. The van der Waals surface area contributed by atoms with Crippen molar-refractivity contribution in [3.8, 4) is 0 Å². The van der Waals surface area contributed by atoms with Crippen LogP contribution in [0.5, 0.6) is 0 Å². The van der Waals surface area contributed by atoms with Crippen LogP contribution in [0.3, 0.4) is 0 Å². The molecule has 0 bridgehead atoms. The summed E-state index contributed by atoms with van der Waals surface area (Å²) >= 11 is 1.75. The second-order valence-corrected chi connectivity index (χ2v) is 5.38. The Hall–Kier alpha value is -2.14. The Morgan fingerprint density at radius 3 is 2.95 bits per heavy atom. The number of rotatable bonds is 3. The molecular weight excluding hydrogens is 256 g/mol. The van der Waals surface area contributed by atoms with Gasteiger partial charge in [0, 0.05) is 16.0 Å². The van der Waals surface area contributed by atoms with Gasteiger partial charge in [-0.25, -0.2) is 9.97 Å². The van der Waals surface area contributed by atoms with E-state index in [-0.39, 0.29) is 0 Å². The third-order valence-electron chi connectivity index (χ3n) is 3.04. The van der Waals surface area contributed by atoms with Crippen LogP contribution in [0.4, 0.5) is 11.5 Å². The highest BCUT2D eigenvalue weighted by Crippen LogP contribution is 2.23. The molecule has 0 amide bonds. The minimum Gasteiger partial charge on any atom is -0.399 e. The molecule has 0 unspecified atom stereocenters. The van der Waals surface area contributed by atoms with Crippen molar-refractivity contribution >= 4 is 33.7 Å². The zero-order chi connectivity index (χ0) is 13.2. The van der Waals surface area contributed by atoms with E-state index >= 15 is 0 Å². The summed E-state index contributed by atoms with van der Waals surface area (Å²) in [4.78, 5) is 9.86. The van der Waals surface area contributed by atoms with Crippen molar-refractivity contribution in [1.29, 1.82) is 0 Å². The lowest BCUT2D eigenvalue weighted by Crippen LogP contribution is -2.02. The Morgan fingerprint density at radius 2 is 2.16 bits per heavy atom. The van der Waals surface area contributed by atoms with E-state index in [1.165, 1.54) is 10.4 Å². The highest BCUT2D eigenvalue weighted by atomic mass is 32.1. The van der Waals surface area contributed by atoms with E-state index in [0.29, 0.717) is 0 Å². The molecule has 3 N–H and O–H groups in total. The van der Waals surface area contributed by atoms with Crippen molar-refractivity contribution in [2.45, 2.75) is 13.5 Å². The quantitative estimate of drug-likeness (QED) is 0.717. The largest absolute Gasteiger partial charge is 0.399 e. The Labute approximate surface area is 115 Å². The number of anilines is 2. The maximum Gasteiger partial charge on any atom is 0.137 e. The molecule has 4 nitrogen and oxygen atoms in total. The van der Waals surface area contributed by atoms with E-state index in [2.05, 4.69) is 33.7 Å². The number of thiophene rings is 1. The second kappa shape index (κ2) is 4.85. The smallest absolute Gasteiger partial charge is 0.137 e. The van der Waals surface area contributed by atoms with Crippen molar-refractivity contribution in [3.05, 3.63) is 46.4 Å². The van der Waals surface area contributed by atoms with E-state index in [1.807, 2.05) is 18.2 Å². The SMILES string of the molecule is Cc1ccsc1CNc1ncnc2ccc(N)cc12. The van der Waals surface area contributed by atoms with Crippen molar-refractivity contribution in [2.24, 2.45) is 0 Å². The molecule has 0 aliphatic heterocycles. The highest BCUT2D eigenvalue weighted by Gasteiger charge is 2.05. The Kier molecular flexibility index (Phi) is 3.05. The summed E-state index contributed by atoms with van der Waals surface area (Å²) in [7, 11) is 0. The molecule has 0 saturated carbocycles. The monoisotopic (exact) mass is 270 g/mol. The Balaban J connectivity index is 1.92. The fourth-order valence-corrected chi connectivity index (χ4v) is 2.81. The van der Waals surface area contributed by atoms with Gasteiger partial charge in [-0.3, -0.25) is 0 Å². The van der Waals surface area contributed by atoms with Crippen molar-refractivity contribution in [2.75, 3.05) is 11.1 Å². The maximum atomic E-state index is 5.83. The summed E-state index contributed by atoms with van der Waals surface area (Å²) in [6, 6.07) is 7.78. The molecule has 2 aromatic heterocycles. The molecule has 0 aliphatic rings. The van der Waals surface area contributed by atoms with Crippen LogP contribution in [0.25, 0.3) is 10.9 Å². The third kappa shape index (κ3) is 2.37. The van der Waals surface area contributed by atoms with Gasteiger partial charge in [-0.1, -0.05) is 0 Å². The normalized spacial score (nSPS) is 10.8. The summed E-state index contributed by atoms with van der Waals surface area (Å²) < 4.78 is 0. The molecule has 2 heterocycles. The lowest BCUT2D eigenvalue weighted by molar-refractivity contribution is 1.11. The molecule has 5 heteroatoms. The van der Waals surface area contributed by atoms with Gasteiger partial charge >= 0.3 is 0 Å². The fourth-order valence-electron chi connectivity index (χ4n) is 1.96. The minimum absolute atomic E-state index is 0.720. The van der Waals surface area contributed by atoms with Gasteiger partial charge in [-0.15, -0.1) is 11.3 Å². The predicted octanol–water partition coefficient (Wildman–Crippen LogP) is 3.19. The summed E-state index contributed by atoms with van der Waals surface area (Å²) in [6.07, 6.45) is 1.57. The maximum absolute atomic E-state index is 5.83. The molecule has 0 saturated heterocycles. The van der Waals surface area contributed by atoms with Crippen molar-refractivity contribution < 1.29 is 0 Å². The van der Waals surface area contributed by atoms with Crippen molar-refractivity contribution in [1.82, 2.24) is 9.97 Å². The molecule has 3 rings (SSSR count). The summed E-state index contributed by atoms with van der Waals surface area (Å²) in [5.41, 5.74) is 8.75. The number of nitrogen functional groups attached to an aromatic ring is 1. The van der Waals surface area contributed by atoms with Crippen LogP contribution >= 0.6 is 11.3 Å². The summed E-state index contributed by atoms with van der Waals surface area (Å²) in [5, 5.41) is 6.42. The molecule has 0 fully saturated rings. The van der Waals surface area contributed by atoms with Gasteiger partial charge in [0.05, 0.1) is 12.1 Å². The number of fused-ring (bicyclic) bond motifs is 1. The second-order valence-electron chi connectivity index (χ2n) is 4.38. The average Bonchev–Trinajstić information content (AvgIpc) is 2.82. The number of nitrogens with two attached hydrogens (primary N) is 1. The number of benzene rings is 1. The van der Waals surface area contributed by atoms with E-state index in [1.54, 1.807) is 17.7 Å². The van der Waals surface area contributed by atoms with Crippen LogP contribution < -0.4 is 11.1 Å². The van der Waals surface area contributed by atoms with Crippen molar-refractivity contribution in [3.63, 3.8) is 0 Å². The first-order valence-corrected chi connectivity index (χ1v) is 6.89. The van der Waals surface area contributed by atoms with Gasteiger partial charge in [0.15, 0.2) is 0 Å². The van der Waals surface area contributed by atoms with E-state index in [4.69, 9.17) is 5.73 Å². The molecule has 0 aliphatic carbocycles. The molecule has 19 heavy (non-hydrogen) atoms. The van der Waals surface area contributed by atoms with Crippen LogP contribution in [-0.4, -0.2) is 9.97 Å². The Morgan fingerprint density at radius 1 is 1.26 bits per heavy atom. The van der Waals surface area contributed by atoms with Crippen LogP contribution in [0.2, 0.25) is 0 Å². The van der Waals surface area contributed by atoms with E-state index in [0.717, 1.165) is 29.0 Å². The number of nitrogens with one attached hydrogen (secondary N) is 1. The first-order chi connectivity index (χ1) is 9.24. The van der Waals surface area contributed by atoms with Crippen LogP contribution in [0, 0.1) is 6.92 Å². The lowest BCUT2D eigenvalue weighted by atomic mass is 10.2. The third-order valence-corrected chi connectivity index (χ3v) is 4.07. The number of nitrogens with zero attached hydrogens (tertiary/aromatic N) is 2. The number of aryl methyl sites for hydroxylation is 1. The molecule has 0 atom stereocenters. The van der Waals surface area contributed by atoms with Crippen LogP contribution in [0.15, 0.2) is 36.0 Å². The van der Waals surface area contributed by atoms with Gasteiger partial charge in [0.2, 0.25) is 0 Å². The number of hydrogen-bond acceptors (Lipinski definition) is 5. The van der Waals surface area contributed by atoms with Crippen LogP contribution in [-0.2, 0) is 6.54 Å². The van der Waals surface area contributed by atoms with Gasteiger partial charge in [-0.2, -0.15) is 0 Å². The van der Waals surface area contributed by atoms with Gasteiger partial charge in [0.1, 0.15) is 12.1 Å². The average molecular weight is 270 g/mol. The molecule has 96 valence electrons. The lowest BCUT2D eigenvalue weighted by Gasteiger charge is -2.08. The van der Waals surface area contributed by atoms with Gasteiger partial charge in [-0.05, 0) is 42.1 Å². The molecular formula is C14H14N4S. The fraction of sp³-hybridized carbons (Fsp3) is 0.143. The number of hydrogen-bond donors (Lipinski definition) is 2. The summed E-state index contributed by atoms with van der Waals surface area (Å²) in [5.74, 6) is 0.824. The zero-order valence-electron chi connectivity index (χ0n) is 10.6. The van der Waals surface area contributed by atoms with Crippen LogP contribution in [0.1, 0.15) is 10.4 Å². The standard InChI is InChI=1S/C14H14N4S/c1-9-4-5-19-13(9)7-16-14-11-6-10(15)2-3-12(11)17-8-18-14/h2-6,8H,7,15H2,1H3,(H,16,17,18).